The lowest BCUT2D eigenvalue weighted by atomic mass is 9.62. The molecule has 5 nitrogen and oxygen atoms in total. The van der Waals surface area contributed by atoms with Gasteiger partial charge < -0.3 is 20.1 Å². The SMILES string of the molecule is COCCCOc1cc(F)ccc1C1CNC(=O)CC12CCNCC2. The fourth-order valence-electron chi connectivity index (χ4n) is 4.13. The Kier molecular flexibility index (Phi) is 5.91. The summed E-state index contributed by atoms with van der Waals surface area (Å²) in [5.41, 5.74) is 0.927. The predicted octanol–water partition coefficient (Wildman–Crippen LogP) is 2.21. The minimum atomic E-state index is -0.301. The zero-order valence-electron chi connectivity index (χ0n) is 14.8. The van der Waals surface area contributed by atoms with Crippen LogP contribution in [0.25, 0.3) is 0 Å². The molecule has 1 aromatic rings. The highest BCUT2D eigenvalue weighted by Crippen LogP contribution is 2.49. The minimum Gasteiger partial charge on any atom is -0.493 e. The molecule has 3 rings (SSSR count). The summed E-state index contributed by atoms with van der Waals surface area (Å²) in [7, 11) is 1.65. The third kappa shape index (κ3) is 4.12. The van der Waals surface area contributed by atoms with Crippen molar-refractivity contribution in [2.24, 2.45) is 5.41 Å². The maximum atomic E-state index is 13.8. The van der Waals surface area contributed by atoms with Crippen molar-refractivity contribution >= 4 is 5.91 Å². The molecule has 1 atom stereocenters. The highest BCUT2D eigenvalue weighted by molar-refractivity contribution is 5.78. The third-order valence-corrected chi connectivity index (χ3v) is 5.46. The van der Waals surface area contributed by atoms with Crippen LogP contribution in [0.15, 0.2) is 18.2 Å². The fourth-order valence-corrected chi connectivity index (χ4v) is 4.13. The minimum absolute atomic E-state index is 0.0734. The lowest BCUT2D eigenvalue weighted by Gasteiger charge is -2.47. The molecule has 1 spiro atoms. The summed E-state index contributed by atoms with van der Waals surface area (Å²) in [6, 6.07) is 4.78. The van der Waals surface area contributed by atoms with Crippen LogP contribution in [0.3, 0.4) is 0 Å². The van der Waals surface area contributed by atoms with E-state index in [1.165, 1.54) is 12.1 Å². The number of ether oxygens (including phenoxy) is 2. The quantitative estimate of drug-likeness (QED) is 0.773. The van der Waals surface area contributed by atoms with Gasteiger partial charge in [0.1, 0.15) is 11.6 Å². The van der Waals surface area contributed by atoms with Gasteiger partial charge in [0.25, 0.3) is 0 Å². The van der Waals surface area contributed by atoms with Gasteiger partial charge in [-0.25, -0.2) is 4.39 Å². The lowest BCUT2D eigenvalue weighted by molar-refractivity contribution is -0.127. The molecule has 0 bridgehead atoms. The summed E-state index contributed by atoms with van der Waals surface area (Å²) in [6.07, 6.45) is 3.18. The number of amides is 1. The Hall–Kier alpha value is -1.66. The van der Waals surface area contributed by atoms with Crippen molar-refractivity contribution in [2.45, 2.75) is 31.6 Å². The molecule has 6 heteroatoms. The van der Waals surface area contributed by atoms with Crippen LogP contribution in [0.4, 0.5) is 4.39 Å². The number of rotatable bonds is 6. The van der Waals surface area contributed by atoms with E-state index in [2.05, 4.69) is 10.6 Å². The number of piperidine rings is 2. The predicted molar refractivity (Wildman–Crippen MR) is 93.3 cm³/mol. The number of nitrogens with one attached hydrogen (secondary N) is 2. The average molecular weight is 350 g/mol. The molecule has 0 radical (unpaired) electrons. The van der Waals surface area contributed by atoms with Crippen molar-refractivity contribution in [1.29, 1.82) is 0 Å². The van der Waals surface area contributed by atoms with Crippen molar-refractivity contribution in [3.05, 3.63) is 29.6 Å². The Balaban J connectivity index is 1.86. The second-order valence-corrected chi connectivity index (χ2v) is 7.02. The molecule has 2 fully saturated rings. The summed E-state index contributed by atoms with van der Waals surface area (Å²) >= 11 is 0. The first-order valence-electron chi connectivity index (χ1n) is 9.03. The maximum Gasteiger partial charge on any atom is 0.220 e. The Morgan fingerprint density at radius 1 is 1.28 bits per heavy atom. The van der Waals surface area contributed by atoms with Gasteiger partial charge in [-0.2, -0.15) is 0 Å². The number of carbonyl (C=O) groups is 1. The van der Waals surface area contributed by atoms with Gasteiger partial charge in [-0.3, -0.25) is 4.79 Å². The monoisotopic (exact) mass is 350 g/mol. The third-order valence-electron chi connectivity index (χ3n) is 5.46. The van der Waals surface area contributed by atoms with Crippen LogP contribution < -0.4 is 15.4 Å². The largest absolute Gasteiger partial charge is 0.493 e. The molecule has 1 amide bonds. The van der Waals surface area contributed by atoms with Gasteiger partial charge >= 0.3 is 0 Å². The number of hydrogen-bond donors (Lipinski definition) is 2. The zero-order chi connectivity index (χ0) is 17.7. The van der Waals surface area contributed by atoms with E-state index in [9.17, 15) is 9.18 Å². The number of hydrogen-bond acceptors (Lipinski definition) is 4. The molecule has 2 heterocycles. The van der Waals surface area contributed by atoms with Crippen LogP contribution in [0.1, 0.15) is 37.2 Å². The van der Waals surface area contributed by atoms with Gasteiger partial charge in [0.05, 0.1) is 6.61 Å². The van der Waals surface area contributed by atoms with Crippen LogP contribution >= 0.6 is 0 Å². The summed E-state index contributed by atoms with van der Waals surface area (Å²) in [6.45, 7) is 3.50. The topological polar surface area (TPSA) is 59.6 Å². The number of benzene rings is 1. The highest BCUT2D eigenvalue weighted by atomic mass is 19.1. The molecule has 2 aliphatic rings. The maximum absolute atomic E-state index is 13.8. The first kappa shape index (κ1) is 18.1. The first-order chi connectivity index (χ1) is 12.1. The summed E-state index contributed by atoms with van der Waals surface area (Å²) in [5, 5.41) is 6.37. The van der Waals surface area contributed by atoms with E-state index in [4.69, 9.17) is 9.47 Å². The van der Waals surface area contributed by atoms with Gasteiger partial charge in [0.15, 0.2) is 0 Å². The first-order valence-corrected chi connectivity index (χ1v) is 9.03. The van der Waals surface area contributed by atoms with Gasteiger partial charge in [0.2, 0.25) is 5.91 Å². The number of halogens is 1. The fraction of sp³-hybridized carbons (Fsp3) is 0.632. The molecule has 0 saturated carbocycles. The van der Waals surface area contributed by atoms with Crippen LogP contribution in [-0.4, -0.2) is 45.9 Å². The average Bonchev–Trinajstić information content (AvgIpc) is 2.60. The second-order valence-electron chi connectivity index (χ2n) is 7.02. The van der Waals surface area contributed by atoms with Crippen LogP contribution in [0.5, 0.6) is 5.75 Å². The van der Waals surface area contributed by atoms with E-state index in [1.54, 1.807) is 7.11 Å². The normalized spacial score (nSPS) is 22.6. The van der Waals surface area contributed by atoms with Crippen LogP contribution in [0, 0.1) is 11.2 Å². The Morgan fingerprint density at radius 3 is 2.84 bits per heavy atom. The molecule has 138 valence electrons. The van der Waals surface area contributed by atoms with Crippen molar-refractivity contribution in [2.75, 3.05) is 40.0 Å². The molecule has 2 aliphatic heterocycles. The molecule has 2 N–H and O–H groups in total. The van der Waals surface area contributed by atoms with Gasteiger partial charge in [-0.05, 0) is 43.0 Å². The molecule has 25 heavy (non-hydrogen) atoms. The molecule has 0 aliphatic carbocycles. The molecule has 1 unspecified atom stereocenters. The number of methoxy groups -OCH3 is 1. The van der Waals surface area contributed by atoms with E-state index in [1.807, 2.05) is 6.07 Å². The standard InChI is InChI=1S/C19H27FN2O3/c1-24-9-2-10-25-17-11-14(20)3-4-15(17)16-13-22-18(23)12-19(16)5-7-21-8-6-19/h3-4,11,16,21H,2,5-10,12-13H2,1H3,(H,22,23). The smallest absolute Gasteiger partial charge is 0.220 e. The van der Waals surface area contributed by atoms with E-state index in [-0.39, 0.29) is 23.1 Å². The Morgan fingerprint density at radius 2 is 2.08 bits per heavy atom. The number of carbonyl (C=O) groups excluding carboxylic acids is 1. The molecule has 1 aromatic carbocycles. The molecular formula is C19H27FN2O3. The molecular weight excluding hydrogens is 323 g/mol. The van der Waals surface area contributed by atoms with Crippen molar-refractivity contribution in [1.82, 2.24) is 10.6 Å². The Labute approximate surface area is 148 Å². The van der Waals surface area contributed by atoms with E-state index in [0.29, 0.717) is 31.9 Å². The lowest BCUT2D eigenvalue weighted by Crippen LogP contribution is -2.51. The van der Waals surface area contributed by atoms with Gasteiger partial charge in [-0.15, -0.1) is 0 Å². The Bertz CT molecular complexity index is 602. The van der Waals surface area contributed by atoms with Gasteiger partial charge in [0, 0.05) is 45.1 Å². The van der Waals surface area contributed by atoms with Crippen LogP contribution in [0.2, 0.25) is 0 Å². The van der Waals surface area contributed by atoms with E-state index < -0.39 is 0 Å². The summed E-state index contributed by atoms with van der Waals surface area (Å²) in [4.78, 5) is 12.1. The van der Waals surface area contributed by atoms with Crippen molar-refractivity contribution in [3.63, 3.8) is 0 Å². The van der Waals surface area contributed by atoms with Crippen molar-refractivity contribution in [3.8, 4) is 5.75 Å². The highest BCUT2D eigenvalue weighted by Gasteiger charge is 2.45. The van der Waals surface area contributed by atoms with E-state index >= 15 is 0 Å². The summed E-state index contributed by atoms with van der Waals surface area (Å²) in [5.74, 6) is 0.549. The van der Waals surface area contributed by atoms with Crippen molar-refractivity contribution < 1.29 is 18.7 Å². The van der Waals surface area contributed by atoms with Gasteiger partial charge in [-0.1, -0.05) is 6.07 Å². The van der Waals surface area contributed by atoms with Crippen LogP contribution in [-0.2, 0) is 9.53 Å². The summed E-state index contributed by atoms with van der Waals surface area (Å²) < 4.78 is 24.7. The zero-order valence-corrected chi connectivity index (χ0v) is 14.8. The molecule has 0 aromatic heterocycles. The second kappa shape index (κ2) is 8.15. The van der Waals surface area contributed by atoms with E-state index in [0.717, 1.165) is 37.9 Å². The molecule has 2 saturated heterocycles.